The molecule has 30 heavy (non-hydrogen) atoms. The number of allylic oxidation sites excluding steroid dienone is 1. The van der Waals surface area contributed by atoms with Gasteiger partial charge in [0.1, 0.15) is 23.7 Å². The summed E-state index contributed by atoms with van der Waals surface area (Å²) in [5.41, 5.74) is 1.02. The Labute approximate surface area is 177 Å². The van der Waals surface area contributed by atoms with E-state index in [9.17, 15) is 9.59 Å². The minimum Gasteiger partial charge on any atom is -0.488 e. The number of esters is 2. The highest BCUT2D eigenvalue weighted by molar-refractivity contribution is 5.88. The molecule has 2 unspecified atom stereocenters. The van der Waals surface area contributed by atoms with Crippen molar-refractivity contribution in [2.75, 3.05) is 6.61 Å². The van der Waals surface area contributed by atoms with Crippen LogP contribution in [0, 0.1) is 5.92 Å². The fourth-order valence-electron chi connectivity index (χ4n) is 3.60. The lowest BCUT2D eigenvalue weighted by molar-refractivity contribution is -0.176. The molecule has 1 aromatic rings. The Morgan fingerprint density at radius 1 is 1.30 bits per heavy atom. The molecule has 0 aliphatic carbocycles. The van der Waals surface area contributed by atoms with Crippen LogP contribution in [-0.2, 0) is 19.1 Å². The third-order valence-corrected chi connectivity index (χ3v) is 5.25. The molecule has 0 amide bonds. The summed E-state index contributed by atoms with van der Waals surface area (Å²) in [4.78, 5) is 25.0. The van der Waals surface area contributed by atoms with Crippen molar-refractivity contribution in [3.8, 4) is 11.5 Å². The highest BCUT2D eigenvalue weighted by Gasteiger charge is 2.50. The monoisotopic (exact) mass is 414 g/mol. The molecular weight excluding hydrogens is 384 g/mol. The fourth-order valence-corrected chi connectivity index (χ4v) is 3.60. The summed E-state index contributed by atoms with van der Waals surface area (Å²) in [6, 6.07) is 3.74. The van der Waals surface area contributed by atoms with Crippen molar-refractivity contribution < 1.29 is 28.5 Å². The SMILES string of the molecule is C/C=C(/C)C(=O)OC1c2c(ccc3c2OCC=C3)OC1C(C)(C)OC(=O)CC(C)C. The van der Waals surface area contributed by atoms with Gasteiger partial charge in [0.15, 0.2) is 12.2 Å². The Bertz CT molecular complexity index is 893. The first-order valence-corrected chi connectivity index (χ1v) is 10.3. The van der Waals surface area contributed by atoms with Gasteiger partial charge in [-0.05, 0) is 51.8 Å². The molecule has 0 saturated heterocycles. The van der Waals surface area contributed by atoms with Crippen LogP contribution in [0.1, 0.15) is 65.2 Å². The van der Waals surface area contributed by atoms with Crippen molar-refractivity contribution in [1.82, 2.24) is 0 Å². The van der Waals surface area contributed by atoms with Crippen LogP contribution in [0.15, 0.2) is 29.9 Å². The predicted octanol–water partition coefficient (Wildman–Crippen LogP) is 4.77. The lowest BCUT2D eigenvalue weighted by Gasteiger charge is -2.34. The maximum atomic E-state index is 12.6. The largest absolute Gasteiger partial charge is 0.488 e. The van der Waals surface area contributed by atoms with Crippen LogP contribution in [0.25, 0.3) is 6.08 Å². The number of fused-ring (bicyclic) bond motifs is 3. The molecule has 2 aliphatic rings. The summed E-state index contributed by atoms with van der Waals surface area (Å²) >= 11 is 0. The van der Waals surface area contributed by atoms with Crippen LogP contribution in [0.3, 0.4) is 0 Å². The maximum absolute atomic E-state index is 12.6. The first-order chi connectivity index (χ1) is 14.1. The second-order valence-corrected chi connectivity index (χ2v) is 8.62. The molecule has 6 nitrogen and oxygen atoms in total. The van der Waals surface area contributed by atoms with E-state index in [-0.39, 0.29) is 11.9 Å². The van der Waals surface area contributed by atoms with E-state index >= 15 is 0 Å². The molecule has 2 atom stereocenters. The molecule has 3 rings (SSSR count). The predicted molar refractivity (Wildman–Crippen MR) is 113 cm³/mol. The van der Waals surface area contributed by atoms with Crippen molar-refractivity contribution in [3.05, 3.63) is 41.0 Å². The average molecular weight is 414 g/mol. The van der Waals surface area contributed by atoms with E-state index in [0.29, 0.717) is 35.7 Å². The topological polar surface area (TPSA) is 71.1 Å². The van der Waals surface area contributed by atoms with Gasteiger partial charge in [-0.3, -0.25) is 4.79 Å². The van der Waals surface area contributed by atoms with Gasteiger partial charge in [0.05, 0.1) is 5.56 Å². The molecule has 0 aromatic heterocycles. The van der Waals surface area contributed by atoms with Crippen molar-refractivity contribution in [3.63, 3.8) is 0 Å². The highest BCUT2D eigenvalue weighted by atomic mass is 16.6. The smallest absolute Gasteiger partial charge is 0.334 e. The van der Waals surface area contributed by atoms with Crippen molar-refractivity contribution >= 4 is 18.0 Å². The van der Waals surface area contributed by atoms with Gasteiger partial charge in [-0.15, -0.1) is 0 Å². The first-order valence-electron chi connectivity index (χ1n) is 10.3. The Kier molecular flexibility index (Phi) is 6.25. The minimum atomic E-state index is -1.03. The number of carbonyl (C=O) groups is 2. The Morgan fingerprint density at radius 3 is 2.70 bits per heavy atom. The number of benzene rings is 1. The number of ether oxygens (including phenoxy) is 4. The Balaban J connectivity index is 1.99. The average Bonchev–Trinajstić information content (AvgIpc) is 3.06. The van der Waals surface area contributed by atoms with Crippen molar-refractivity contribution in [2.45, 2.75) is 65.8 Å². The maximum Gasteiger partial charge on any atom is 0.334 e. The van der Waals surface area contributed by atoms with Gasteiger partial charge < -0.3 is 18.9 Å². The molecule has 0 fully saturated rings. The number of hydrogen-bond acceptors (Lipinski definition) is 6. The Hall–Kier alpha value is -2.76. The zero-order valence-electron chi connectivity index (χ0n) is 18.5. The summed E-state index contributed by atoms with van der Waals surface area (Å²) in [5, 5.41) is 0. The van der Waals surface area contributed by atoms with Crippen molar-refractivity contribution in [1.29, 1.82) is 0 Å². The number of hydrogen-bond donors (Lipinski definition) is 0. The molecule has 0 bridgehead atoms. The van der Waals surface area contributed by atoms with Gasteiger partial charge in [-0.25, -0.2) is 4.79 Å². The highest BCUT2D eigenvalue weighted by Crippen LogP contribution is 2.50. The molecule has 0 spiro atoms. The van der Waals surface area contributed by atoms with Crippen LogP contribution in [0.4, 0.5) is 0 Å². The lowest BCUT2D eigenvalue weighted by Crippen LogP contribution is -2.46. The van der Waals surface area contributed by atoms with Crippen LogP contribution in [0.5, 0.6) is 11.5 Å². The molecule has 162 valence electrons. The Morgan fingerprint density at radius 2 is 2.03 bits per heavy atom. The molecule has 1 aromatic carbocycles. The van der Waals surface area contributed by atoms with Crippen LogP contribution >= 0.6 is 0 Å². The normalized spacial score (nSPS) is 20.2. The van der Waals surface area contributed by atoms with Crippen LogP contribution < -0.4 is 9.47 Å². The quantitative estimate of drug-likeness (QED) is 0.493. The third-order valence-electron chi connectivity index (χ3n) is 5.25. The summed E-state index contributed by atoms with van der Waals surface area (Å²) in [6.45, 7) is 11.4. The summed E-state index contributed by atoms with van der Waals surface area (Å²) < 4.78 is 23.7. The summed E-state index contributed by atoms with van der Waals surface area (Å²) in [5.74, 6) is 0.617. The zero-order valence-corrected chi connectivity index (χ0v) is 18.5. The van der Waals surface area contributed by atoms with Gasteiger partial charge in [-0.2, -0.15) is 0 Å². The number of rotatable bonds is 6. The van der Waals surface area contributed by atoms with Gasteiger partial charge in [0, 0.05) is 17.6 Å². The molecule has 2 heterocycles. The second kappa shape index (κ2) is 8.54. The van der Waals surface area contributed by atoms with E-state index in [1.165, 1.54) is 0 Å². The third kappa shape index (κ3) is 4.37. The second-order valence-electron chi connectivity index (χ2n) is 8.62. The van der Waals surface area contributed by atoms with Gasteiger partial charge in [0.2, 0.25) is 0 Å². The van der Waals surface area contributed by atoms with Gasteiger partial charge >= 0.3 is 11.9 Å². The zero-order chi connectivity index (χ0) is 22.1. The summed E-state index contributed by atoms with van der Waals surface area (Å²) in [6.07, 6.45) is 4.40. The van der Waals surface area contributed by atoms with Crippen LogP contribution in [-0.4, -0.2) is 30.3 Å². The van der Waals surface area contributed by atoms with E-state index in [0.717, 1.165) is 5.56 Å². The van der Waals surface area contributed by atoms with Gasteiger partial charge in [-0.1, -0.05) is 26.0 Å². The fraction of sp³-hybridized carbons (Fsp3) is 0.500. The van der Waals surface area contributed by atoms with E-state index in [1.807, 2.05) is 38.1 Å². The molecule has 0 radical (unpaired) electrons. The van der Waals surface area contributed by atoms with E-state index in [4.69, 9.17) is 18.9 Å². The molecule has 2 aliphatic heterocycles. The molecule has 0 saturated carbocycles. The molecule has 0 N–H and O–H groups in total. The van der Waals surface area contributed by atoms with E-state index in [2.05, 4.69) is 0 Å². The van der Waals surface area contributed by atoms with Gasteiger partial charge in [0.25, 0.3) is 0 Å². The molecular formula is C24H30O6. The molecule has 6 heteroatoms. The van der Waals surface area contributed by atoms with E-state index in [1.54, 1.807) is 33.8 Å². The van der Waals surface area contributed by atoms with E-state index < -0.39 is 23.8 Å². The standard InChI is InChI=1S/C24H30O6/c1-7-15(4)23(26)29-21-19-17(11-10-16-9-8-12-27-20(16)19)28-22(21)24(5,6)30-18(25)13-14(2)3/h7-11,14,21-22H,12-13H2,1-6H3/b15-7-. The first kappa shape index (κ1) is 21.9. The number of carbonyl (C=O) groups excluding carboxylic acids is 2. The lowest BCUT2D eigenvalue weighted by atomic mass is 9.92. The van der Waals surface area contributed by atoms with Crippen molar-refractivity contribution in [2.24, 2.45) is 5.92 Å². The van der Waals surface area contributed by atoms with Crippen LogP contribution in [0.2, 0.25) is 0 Å². The summed E-state index contributed by atoms with van der Waals surface area (Å²) in [7, 11) is 0. The minimum absolute atomic E-state index is 0.174.